The summed E-state index contributed by atoms with van der Waals surface area (Å²) in [6.07, 6.45) is 1.61. The molecule has 5 heteroatoms. The van der Waals surface area contributed by atoms with E-state index < -0.39 is 5.92 Å². The molecule has 3 rings (SSSR count). The van der Waals surface area contributed by atoms with E-state index >= 15 is 0 Å². The number of hydrogen-bond acceptors (Lipinski definition) is 4. The monoisotopic (exact) mass is 292 g/mol. The fraction of sp³-hybridized carbons (Fsp3) is 0.118. The van der Waals surface area contributed by atoms with E-state index in [-0.39, 0.29) is 5.91 Å². The lowest BCUT2D eigenvalue weighted by Crippen LogP contribution is -2.27. The molecule has 1 amide bonds. The van der Waals surface area contributed by atoms with E-state index in [4.69, 9.17) is 5.73 Å². The number of hydrogen-bond donors (Lipinski definition) is 1. The van der Waals surface area contributed by atoms with Crippen LogP contribution in [0.15, 0.2) is 64.7 Å². The van der Waals surface area contributed by atoms with Crippen molar-refractivity contribution in [1.29, 1.82) is 0 Å². The average Bonchev–Trinajstić information content (AvgIpc) is 2.82. The molecule has 1 aliphatic heterocycles. The van der Waals surface area contributed by atoms with Crippen LogP contribution in [-0.2, 0) is 4.79 Å². The van der Waals surface area contributed by atoms with Gasteiger partial charge < -0.3 is 5.73 Å². The number of benzene rings is 2. The Labute approximate surface area is 128 Å². The van der Waals surface area contributed by atoms with Crippen LogP contribution in [0.1, 0.15) is 6.92 Å². The van der Waals surface area contributed by atoms with Gasteiger partial charge in [-0.3, -0.25) is 9.79 Å². The number of para-hydroxylation sites is 3. The predicted molar refractivity (Wildman–Crippen MR) is 89.5 cm³/mol. The van der Waals surface area contributed by atoms with Gasteiger partial charge in [0.15, 0.2) is 0 Å². The smallest absolute Gasteiger partial charge is 0.261 e. The SMILES string of the molecule is CC1=NN(c2ccccc2)C(=O)C1C=Nc1ccccc1N. The maximum atomic E-state index is 12.5. The first-order valence-electron chi connectivity index (χ1n) is 6.99. The molecule has 0 radical (unpaired) electrons. The van der Waals surface area contributed by atoms with Crippen molar-refractivity contribution in [2.24, 2.45) is 16.0 Å². The van der Waals surface area contributed by atoms with Crippen LogP contribution >= 0.6 is 0 Å². The molecule has 1 unspecified atom stereocenters. The topological polar surface area (TPSA) is 71.0 Å². The molecule has 1 atom stereocenters. The molecule has 0 saturated heterocycles. The molecular formula is C17H16N4O. The molecule has 1 heterocycles. The lowest BCUT2D eigenvalue weighted by atomic mass is 10.1. The third-order valence-corrected chi connectivity index (χ3v) is 3.48. The number of hydrazone groups is 1. The highest BCUT2D eigenvalue weighted by atomic mass is 16.2. The maximum absolute atomic E-state index is 12.5. The molecule has 5 nitrogen and oxygen atoms in total. The third kappa shape index (κ3) is 2.61. The van der Waals surface area contributed by atoms with Crippen LogP contribution < -0.4 is 10.7 Å². The zero-order chi connectivity index (χ0) is 15.5. The molecule has 0 aliphatic carbocycles. The minimum Gasteiger partial charge on any atom is -0.397 e. The van der Waals surface area contributed by atoms with E-state index in [1.54, 1.807) is 12.3 Å². The van der Waals surface area contributed by atoms with Crippen LogP contribution in [0.2, 0.25) is 0 Å². The van der Waals surface area contributed by atoms with E-state index in [9.17, 15) is 4.79 Å². The minimum atomic E-state index is -0.459. The summed E-state index contributed by atoms with van der Waals surface area (Å²) in [4.78, 5) is 16.8. The highest BCUT2D eigenvalue weighted by molar-refractivity contribution is 6.23. The Bertz CT molecular complexity index is 752. The minimum absolute atomic E-state index is 0.109. The summed E-state index contributed by atoms with van der Waals surface area (Å²) in [5.74, 6) is -0.568. The zero-order valence-corrected chi connectivity index (χ0v) is 12.2. The van der Waals surface area contributed by atoms with Crippen LogP contribution in [0.25, 0.3) is 0 Å². The molecular weight excluding hydrogens is 276 g/mol. The molecule has 0 bridgehead atoms. The molecule has 0 spiro atoms. The number of anilines is 2. The fourth-order valence-electron chi connectivity index (χ4n) is 2.27. The van der Waals surface area contributed by atoms with Crippen molar-refractivity contribution in [1.82, 2.24) is 0 Å². The zero-order valence-electron chi connectivity index (χ0n) is 12.2. The van der Waals surface area contributed by atoms with Crippen molar-refractivity contribution >= 4 is 34.9 Å². The van der Waals surface area contributed by atoms with Crippen molar-refractivity contribution in [3.8, 4) is 0 Å². The number of nitrogen functional groups attached to an aromatic ring is 1. The van der Waals surface area contributed by atoms with Gasteiger partial charge in [0.1, 0.15) is 5.92 Å². The number of carbonyl (C=O) groups excluding carboxylic acids is 1. The highest BCUT2D eigenvalue weighted by Gasteiger charge is 2.33. The first kappa shape index (κ1) is 14.0. The van der Waals surface area contributed by atoms with Gasteiger partial charge >= 0.3 is 0 Å². The van der Waals surface area contributed by atoms with Gasteiger partial charge in [0.2, 0.25) is 0 Å². The number of aliphatic imine (C=N–C) groups is 1. The van der Waals surface area contributed by atoms with Gasteiger partial charge in [-0.05, 0) is 31.2 Å². The molecule has 2 aromatic rings. The lowest BCUT2D eigenvalue weighted by Gasteiger charge is -2.12. The van der Waals surface area contributed by atoms with Crippen molar-refractivity contribution in [2.75, 3.05) is 10.7 Å². The van der Waals surface area contributed by atoms with E-state index in [0.717, 1.165) is 5.69 Å². The predicted octanol–water partition coefficient (Wildman–Crippen LogP) is 3.01. The second-order valence-corrected chi connectivity index (χ2v) is 5.04. The van der Waals surface area contributed by atoms with Crippen molar-refractivity contribution in [3.05, 3.63) is 54.6 Å². The Morgan fingerprint density at radius 1 is 1.14 bits per heavy atom. The number of carbonyl (C=O) groups is 1. The van der Waals surface area contributed by atoms with Crippen molar-refractivity contribution in [2.45, 2.75) is 6.92 Å². The average molecular weight is 292 g/mol. The van der Waals surface area contributed by atoms with Crippen LogP contribution in [0.3, 0.4) is 0 Å². The molecule has 0 fully saturated rings. The van der Waals surface area contributed by atoms with Crippen LogP contribution in [0, 0.1) is 5.92 Å². The Kier molecular flexibility index (Phi) is 3.70. The summed E-state index contributed by atoms with van der Waals surface area (Å²) in [5.41, 5.74) is 8.56. The first-order chi connectivity index (χ1) is 10.7. The summed E-state index contributed by atoms with van der Waals surface area (Å²) in [7, 11) is 0. The summed E-state index contributed by atoms with van der Waals surface area (Å²) in [6.45, 7) is 1.83. The molecule has 2 aromatic carbocycles. The summed E-state index contributed by atoms with van der Waals surface area (Å²) in [6, 6.07) is 16.6. The van der Waals surface area contributed by atoms with Gasteiger partial charge in [-0.1, -0.05) is 30.3 Å². The number of nitrogens with zero attached hydrogens (tertiary/aromatic N) is 3. The standard InChI is InChI=1S/C17H16N4O/c1-12-14(11-19-16-10-6-5-9-15(16)18)17(22)21(20-12)13-7-3-2-4-8-13/h2-11,14H,18H2,1H3. The Morgan fingerprint density at radius 2 is 1.82 bits per heavy atom. The van der Waals surface area contributed by atoms with E-state index in [1.807, 2.05) is 55.5 Å². The number of nitrogens with two attached hydrogens (primary N) is 1. The first-order valence-corrected chi connectivity index (χ1v) is 6.99. The van der Waals surface area contributed by atoms with Crippen LogP contribution in [-0.4, -0.2) is 17.8 Å². The molecule has 1 aliphatic rings. The Morgan fingerprint density at radius 3 is 2.55 bits per heavy atom. The quantitative estimate of drug-likeness (QED) is 0.697. The lowest BCUT2D eigenvalue weighted by molar-refractivity contribution is -0.118. The van der Waals surface area contributed by atoms with Crippen LogP contribution in [0.5, 0.6) is 0 Å². The molecule has 0 aromatic heterocycles. The van der Waals surface area contributed by atoms with E-state index in [2.05, 4.69) is 10.1 Å². The normalized spacial score (nSPS) is 18.0. The van der Waals surface area contributed by atoms with Gasteiger partial charge in [0, 0.05) is 6.21 Å². The Hall–Kier alpha value is -2.95. The maximum Gasteiger partial charge on any atom is 0.261 e. The summed E-state index contributed by atoms with van der Waals surface area (Å²) < 4.78 is 0. The van der Waals surface area contributed by atoms with Gasteiger partial charge in [0.25, 0.3) is 5.91 Å². The fourth-order valence-corrected chi connectivity index (χ4v) is 2.27. The third-order valence-electron chi connectivity index (χ3n) is 3.48. The van der Waals surface area contributed by atoms with Gasteiger partial charge in [-0.25, -0.2) is 0 Å². The molecule has 2 N–H and O–H groups in total. The van der Waals surface area contributed by atoms with Crippen molar-refractivity contribution in [3.63, 3.8) is 0 Å². The summed E-state index contributed by atoms with van der Waals surface area (Å²) in [5, 5.41) is 5.75. The van der Waals surface area contributed by atoms with Crippen molar-refractivity contribution < 1.29 is 4.79 Å². The second kappa shape index (κ2) is 5.81. The number of rotatable bonds is 3. The summed E-state index contributed by atoms with van der Waals surface area (Å²) >= 11 is 0. The van der Waals surface area contributed by atoms with E-state index in [0.29, 0.717) is 17.1 Å². The second-order valence-electron chi connectivity index (χ2n) is 5.04. The Balaban J connectivity index is 1.83. The van der Waals surface area contributed by atoms with Gasteiger partial charge in [0.05, 0.1) is 22.8 Å². The number of amides is 1. The molecule has 22 heavy (non-hydrogen) atoms. The van der Waals surface area contributed by atoms with Gasteiger partial charge in [-0.15, -0.1) is 0 Å². The van der Waals surface area contributed by atoms with Crippen LogP contribution in [0.4, 0.5) is 17.1 Å². The molecule has 110 valence electrons. The van der Waals surface area contributed by atoms with Gasteiger partial charge in [-0.2, -0.15) is 10.1 Å². The van der Waals surface area contributed by atoms with E-state index in [1.165, 1.54) is 5.01 Å². The largest absolute Gasteiger partial charge is 0.397 e. The highest BCUT2D eigenvalue weighted by Crippen LogP contribution is 2.25. The molecule has 0 saturated carbocycles.